The Balaban J connectivity index is 1.82. The highest BCUT2D eigenvalue weighted by Crippen LogP contribution is 2.39. The molecule has 2 N–H and O–H groups in total. The van der Waals surface area contributed by atoms with Gasteiger partial charge in [0.25, 0.3) is 5.91 Å². The Morgan fingerprint density at radius 1 is 0.886 bits per heavy atom. The number of nitrogens with two attached hydrogens (primary N) is 1. The second-order valence-electron chi connectivity index (χ2n) is 7.47. The van der Waals surface area contributed by atoms with E-state index >= 15 is 0 Å². The van der Waals surface area contributed by atoms with Gasteiger partial charge in [0.05, 0.1) is 31.9 Å². The van der Waals surface area contributed by atoms with Crippen molar-refractivity contribution >= 4 is 33.5 Å². The van der Waals surface area contributed by atoms with Crippen molar-refractivity contribution < 1.29 is 27.4 Å². The molecule has 4 rings (SSSR count). The number of rotatable bonds is 7. The number of amides is 1. The maximum atomic E-state index is 13.5. The molecular weight excluding hydrogens is 470 g/mol. The van der Waals surface area contributed by atoms with Crippen LogP contribution in [-0.2, 0) is 14.8 Å². The maximum Gasteiger partial charge on any atom is 0.282 e. The van der Waals surface area contributed by atoms with E-state index in [1.165, 1.54) is 50.5 Å². The van der Waals surface area contributed by atoms with Crippen LogP contribution in [0.5, 0.6) is 17.2 Å². The zero-order chi connectivity index (χ0) is 25.2. The van der Waals surface area contributed by atoms with Crippen molar-refractivity contribution in [2.45, 2.75) is 4.90 Å². The summed E-state index contributed by atoms with van der Waals surface area (Å²) in [7, 11) is 0.652. The first-order chi connectivity index (χ1) is 16.8. The van der Waals surface area contributed by atoms with Gasteiger partial charge in [-0.3, -0.25) is 9.69 Å². The highest BCUT2D eigenvalue weighted by atomic mass is 32.2. The molecule has 0 saturated heterocycles. The highest BCUT2D eigenvalue weighted by Gasteiger charge is 2.32. The second-order valence-corrected chi connectivity index (χ2v) is 9.03. The number of nitrogens with zero attached hydrogens (tertiary/aromatic N) is 2. The third kappa shape index (κ3) is 4.75. The molecule has 10 heteroatoms. The van der Waals surface area contributed by atoms with E-state index in [1.54, 1.807) is 18.2 Å². The lowest BCUT2D eigenvalue weighted by Gasteiger charge is -2.18. The van der Waals surface area contributed by atoms with Crippen LogP contribution in [0.3, 0.4) is 0 Å². The van der Waals surface area contributed by atoms with E-state index in [0.717, 1.165) is 0 Å². The van der Waals surface area contributed by atoms with Crippen LogP contribution < -0.4 is 24.2 Å². The Hall–Kier alpha value is -4.15. The number of carbonyl (C=O) groups excluding carboxylic acids is 1. The van der Waals surface area contributed by atoms with Crippen LogP contribution in [0.1, 0.15) is 11.1 Å². The van der Waals surface area contributed by atoms with Gasteiger partial charge in [0, 0.05) is 5.56 Å². The van der Waals surface area contributed by atoms with Crippen molar-refractivity contribution in [2.75, 3.05) is 26.2 Å². The van der Waals surface area contributed by atoms with Crippen molar-refractivity contribution in [3.63, 3.8) is 0 Å². The van der Waals surface area contributed by atoms with Crippen LogP contribution in [0.4, 0.5) is 5.69 Å². The minimum absolute atomic E-state index is 0.0562. The molecule has 9 nitrogen and oxygen atoms in total. The summed E-state index contributed by atoms with van der Waals surface area (Å²) in [4.78, 5) is 19.5. The number of primary sulfonamides is 1. The van der Waals surface area contributed by atoms with E-state index in [0.29, 0.717) is 39.9 Å². The molecule has 0 unspecified atom stereocenters. The van der Waals surface area contributed by atoms with Crippen molar-refractivity contribution in [1.82, 2.24) is 0 Å². The molecule has 0 atom stereocenters. The third-order valence-electron chi connectivity index (χ3n) is 5.31. The summed E-state index contributed by atoms with van der Waals surface area (Å²) in [5, 5.41) is 5.21. The van der Waals surface area contributed by atoms with E-state index in [4.69, 9.17) is 19.3 Å². The molecule has 35 heavy (non-hydrogen) atoms. The Morgan fingerprint density at radius 2 is 1.49 bits per heavy atom. The van der Waals surface area contributed by atoms with Gasteiger partial charge in [0.1, 0.15) is 11.5 Å². The lowest BCUT2D eigenvalue weighted by molar-refractivity contribution is -0.113. The minimum atomic E-state index is -3.87. The number of sulfonamides is 1. The first kappa shape index (κ1) is 24.0. The van der Waals surface area contributed by atoms with E-state index in [2.05, 4.69) is 4.99 Å². The fourth-order valence-electron chi connectivity index (χ4n) is 3.66. The molecule has 0 aromatic heterocycles. The van der Waals surface area contributed by atoms with Crippen LogP contribution >= 0.6 is 0 Å². The van der Waals surface area contributed by atoms with Crippen molar-refractivity contribution in [2.24, 2.45) is 10.1 Å². The zero-order valence-electron chi connectivity index (χ0n) is 19.3. The summed E-state index contributed by atoms with van der Waals surface area (Å²) in [5.74, 6) is 1.32. The van der Waals surface area contributed by atoms with E-state index in [9.17, 15) is 13.2 Å². The molecule has 0 radical (unpaired) electrons. The van der Waals surface area contributed by atoms with Crippen LogP contribution in [0.25, 0.3) is 6.08 Å². The van der Waals surface area contributed by atoms with E-state index in [1.807, 2.05) is 30.3 Å². The van der Waals surface area contributed by atoms with Crippen molar-refractivity contribution in [3.05, 3.63) is 83.6 Å². The molecule has 1 aliphatic rings. The molecule has 0 bridgehead atoms. The zero-order valence-corrected chi connectivity index (χ0v) is 20.1. The molecule has 1 amide bonds. The number of hydrogen-bond acceptors (Lipinski definition) is 7. The number of aliphatic imine (C=N–C) groups is 1. The summed E-state index contributed by atoms with van der Waals surface area (Å²) < 4.78 is 39.5. The van der Waals surface area contributed by atoms with Crippen LogP contribution in [0, 0.1) is 0 Å². The fourth-order valence-corrected chi connectivity index (χ4v) is 4.18. The van der Waals surface area contributed by atoms with Gasteiger partial charge in [-0.25, -0.2) is 18.5 Å². The topological polar surface area (TPSA) is 121 Å². The number of hydrogen-bond donors (Lipinski definition) is 1. The second kappa shape index (κ2) is 9.61. The van der Waals surface area contributed by atoms with Crippen LogP contribution in [0.2, 0.25) is 0 Å². The summed E-state index contributed by atoms with van der Waals surface area (Å²) in [6.45, 7) is 0. The smallest absolute Gasteiger partial charge is 0.282 e. The SMILES string of the molecule is COc1cc(/C=C2\N=C(c3ccccc3)N(c3ccc(S(N)(=O)=O)cc3)C2=O)cc(OC)c1OC. The Morgan fingerprint density at radius 3 is 2.00 bits per heavy atom. The van der Waals surface area contributed by atoms with Crippen LogP contribution in [-0.4, -0.2) is 41.5 Å². The van der Waals surface area contributed by atoms with Gasteiger partial charge in [-0.05, 0) is 48.0 Å². The Labute approximate surface area is 203 Å². The van der Waals surface area contributed by atoms with Crippen LogP contribution in [0.15, 0.2) is 82.3 Å². The number of methoxy groups -OCH3 is 3. The minimum Gasteiger partial charge on any atom is -0.493 e. The predicted molar refractivity (Wildman–Crippen MR) is 132 cm³/mol. The quantitative estimate of drug-likeness (QED) is 0.505. The molecule has 3 aromatic carbocycles. The first-order valence-electron chi connectivity index (χ1n) is 10.4. The normalized spacial score (nSPS) is 14.7. The van der Waals surface area contributed by atoms with E-state index in [-0.39, 0.29) is 16.5 Å². The standard InChI is InChI=1S/C25H23N3O6S/c1-32-21-14-16(15-22(33-2)23(21)34-3)13-20-25(29)28(24(27-20)17-7-5-4-6-8-17)18-9-11-19(12-10-18)35(26,30)31/h4-15H,1-3H3,(H2,26,30,31)/b20-13-. The average molecular weight is 494 g/mol. The number of benzene rings is 3. The van der Waals surface area contributed by atoms with Crippen molar-refractivity contribution in [1.29, 1.82) is 0 Å². The molecule has 0 saturated carbocycles. The lowest BCUT2D eigenvalue weighted by Crippen LogP contribution is -2.32. The van der Waals surface area contributed by atoms with Gasteiger partial charge in [-0.2, -0.15) is 0 Å². The fraction of sp³-hybridized carbons (Fsp3) is 0.120. The van der Waals surface area contributed by atoms with Gasteiger partial charge in [-0.1, -0.05) is 30.3 Å². The third-order valence-corrected chi connectivity index (χ3v) is 6.24. The monoisotopic (exact) mass is 493 g/mol. The number of amidine groups is 1. The number of carbonyl (C=O) groups is 1. The lowest BCUT2D eigenvalue weighted by atomic mass is 10.1. The van der Waals surface area contributed by atoms with Gasteiger partial charge in [0.15, 0.2) is 11.5 Å². The molecule has 0 spiro atoms. The van der Waals surface area contributed by atoms with E-state index < -0.39 is 10.0 Å². The largest absolute Gasteiger partial charge is 0.493 e. The molecule has 3 aromatic rings. The molecule has 0 fully saturated rings. The Kier molecular flexibility index (Phi) is 6.59. The average Bonchev–Trinajstić information content (AvgIpc) is 3.19. The summed E-state index contributed by atoms with van der Waals surface area (Å²) in [5.41, 5.74) is 1.95. The van der Waals surface area contributed by atoms with Crippen molar-refractivity contribution in [3.8, 4) is 17.2 Å². The number of ether oxygens (including phenoxy) is 3. The molecule has 1 heterocycles. The van der Waals surface area contributed by atoms with Gasteiger partial charge in [-0.15, -0.1) is 0 Å². The van der Waals surface area contributed by atoms with Gasteiger partial charge >= 0.3 is 0 Å². The maximum absolute atomic E-state index is 13.5. The first-order valence-corrected chi connectivity index (χ1v) is 11.9. The number of anilines is 1. The molecule has 1 aliphatic heterocycles. The van der Waals surface area contributed by atoms with Gasteiger partial charge < -0.3 is 14.2 Å². The molecular formula is C25H23N3O6S. The summed E-state index contributed by atoms with van der Waals surface area (Å²) in [6.07, 6.45) is 1.62. The summed E-state index contributed by atoms with van der Waals surface area (Å²) in [6, 6.07) is 18.3. The summed E-state index contributed by atoms with van der Waals surface area (Å²) >= 11 is 0. The highest BCUT2D eigenvalue weighted by molar-refractivity contribution is 7.89. The van der Waals surface area contributed by atoms with Gasteiger partial charge in [0.2, 0.25) is 15.8 Å². The molecule has 180 valence electrons. The Bertz CT molecular complexity index is 1410. The molecule has 0 aliphatic carbocycles. The predicted octanol–water partition coefficient (Wildman–Crippen LogP) is 3.19.